The van der Waals surface area contributed by atoms with Crippen LogP contribution in [0.3, 0.4) is 0 Å². The van der Waals surface area contributed by atoms with E-state index in [1.165, 1.54) is 13.0 Å². The third-order valence-corrected chi connectivity index (χ3v) is 5.25. The maximum absolute atomic E-state index is 12.5. The Bertz CT molecular complexity index is 1270. The molecule has 3 aromatic rings. The van der Waals surface area contributed by atoms with Crippen molar-refractivity contribution in [1.29, 1.82) is 0 Å². The molecule has 0 radical (unpaired) electrons. The van der Waals surface area contributed by atoms with Gasteiger partial charge in [-0.3, -0.25) is 0 Å². The summed E-state index contributed by atoms with van der Waals surface area (Å²) >= 11 is 5.97. The van der Waals surface area contributed by atoms with E-state index >= 15 is 0 Å². The molecule has 0 aliphatic heterocycles. The molecule has 12 heteroatoms. The van der Waals surface area contributed by atoms with Gasteiger partial charge in [-0.25, -0.2) is 13.2 Å². The van der Waals surface area contributed by atoms with E-state index < -0.39 is 32.3 Å². The first-order chi connectivity index (χ1) is 13.1. The summed E-state index contributed by atoms with van der Waals surface area (Å²) in [6, 6.07) is 9.83. The normalized spacial score (nSPS) is 11.2. The van der Waals surface area contributed by atoms with E-state index in [2.05, 4.69) is 10.2 Å². The molecule has 0 spiro atoms. The van der Waals surface area contributed by atoms with Gasteiger partial charge in [0.15, 0.2) is 0 Å². The van der Waals surface area contributed by atoms with E-state index in [1.54, 1.807) is 24.3 Å². The maximum Gasteiger partial charge on any atom is 1.00 e. The van der Waals surface area contributed by atoms with Gasteiger partial charge in [0.2, 0.25) is 0 Å². The third-order valence-electron chi connectivity index (χ3n) is 3.97. The Morgan fingerprint density at radius 2 is 1.73 bits per heavy atom. The van der Waals surface area contributed by atoms with Crippen molar-refractivity contribution in [3.63, 3.8) is 0 Å². The van der Waals surface area contributed by atoms with Crippen molar-refractivity contribution in [2.45, 2.75) is 11.8 Å². The molecule has 144 valence electrons. The number of hydrogen-bond acceptors (Lipinski definition) is 7. The van der Waals surface area contributed by atoms with Gasteiger partial charge in [0.1, 0.15) is 15.8 Å². The summed E-state index contributed by atoms with van der Waals surface area (Å²) < 4.78 is 34.5. The first-order valence-electron chi connectivity index (χ1n) is 7.73. The minimum Gasteiger partial charge on any atom is -0.870 e. The zero-order valence-corrected chi connectivity index (χ0v) is 21.8. The van der Waals surface area contributed by atoms with Gasteiger partial charge in [0.05, 0.1) is 16.1 Å². The smallest absolute Gasteiger partial charge is 0.870 e. The van der Waals surface area contributed by atoms with E-state index in [4.69, 9.17) is 11.6 Å². The number of fused-ring (bicyclic) bond motifs is 1. The van der Waals surface area contributed by atoms with Gasteiger partial charge in [-0.05, 0) is 36.1 Å². The van der Waals surface area contributed by atoms with Crippen LogP contribution in [0.4, 0.5) is 11.4 Å². The summed E-state index contributed by atoms with van der Waals surface area (Å²) in [7, 11) is -4.89. The molecule has 0 unspecified atom stereocenters. The van der Waals surface area contributed by atoms with Crippen LogP contribution in [-0.2, 0) is 10.1 Å². The number of carboxylic acids is 1. The average Bonchev–Trinajstić information content (AvgIpc) is 2.61. The van der Waals surface area contributed by atoms with Gasteiger partial charge in [-0.1, -0.05) is 41.6 Å². The van der Waals surface area contributed by atoms with Crippen molar-refractivity contribution in [2.24, 2.45) is 10.2 Å². The second-order valence-electron chi connectivity index (χ2n) is 5.85. The van der Waals surface area contributed by atoms with Crippen LogP contribution >= 0.6 is 11.6 Å². The van der Waals surface area contributed by atoms with Gasteiger partial charge in [-0.2, -0.15) is 5.11 Å². The first kappa shape index (κ1) is 27.0. The first-order valence-corrected chi connectivity index (χ1v) is 9.52. The minimum absolute atomic E-state index is 0. The summed E-state index contributed by atoms with van der Waals surface area (Å²) in [6.45, 7) is 1.51. The SMILES string of the molecule is Cc1cc(S(=O)(=O)[O-])c(/N=N/c2c([O-])c(C(=O)O)cc3ccccc23)cc1Cl.[Na+].[Na+]. The average molecular weight is 465 g/mol. The van der Waals surface area contributed by atoms with Gasteiger partial charge in [0, 0.05) is 10.4 Å². The van der Waals surface area contributed by atoms with Crippen LogP contribution in [0.15, 0.2) is 57.6 Å². The van der Waals surface area contributed by atoms with Crippen LogP contribution in [0.2, 0.25) is 5.02 Å². The summed E-state index contributed by atoms with van der Waals surface area (Å²) in [5.41, 5.74) is -0.805. The maximum atomic E-state index is 12.5. The number of nitrogens with zero attached hydrogens (tertiary/aromatic N) is 2. The summed E-state index contributed by atoms with van der Waals surface area (Å²) in [4.78, 5) is 10.7. The van der Waals surface area contributed by atoms with E-state index in [9.17, 15) is 28.0 Å². The summed E-state index contributed by atoms with van der Waals surface area (Å²) in [5.74, 6) is -2.33. The van der Waals surface area contributed by atoms with Crippen LogP contribution in [0.1, 0.15) is 15.9 Å². The monoisotopic (exact) mass is 464 g/mol. The van der Waals surface area contributed by atoms with Gasteiger partial charge < -0.3 is 14.8 Å². The van der Waals surface area contributed by atoms with Crippen molar-refractivity contribution in [1.82, 2.24) is 0 Å². The Kier molecular flexibility index (Phi) is 9.49. The van der Waals surface area contributed by atoms with Crippen molar-refractivity contribution in [3.05, 3.63) is 58.6 Å². The molecule has 0 aromatic heterocycles. The van der Waals surface area contributed by atoms with Gasteiger partial charge in [0.25, 0.3) is 0 Å². The second kappa shape index (κ2) is 10.5. The number of carboxylic acid groups (broad SMARTS) is 1. The van der Waals surface area contributed by atoms with Crippen LogP contribution < -0.4 is 64.2 Å². The minimum atomic E-state index is -4.89. The number of halogens is 1. The Labute approximate surface area is 221 Å². The molecule has 3 aromatic carbocycles. The Balaban J connectivity index is 0.00000225. The van der Waals surface area contributed by atoms with Crippen LogP contribution in [-0.4, -0.2) is 24.0 Å². The molecule has 0 atom stereocenters. The van der Waals surface area contributed by atoms with Crippen LogP contribution in [0.5, 0.6) is 5.75 Å². The predicted molar refractivity (Wildman–Crippen MR) is 98.7 cm³/mol. The quantitative estimate of drug-likeness (QED) is 0.266. The van der Waals surface area contributed by atoms with Crippen molar-refractivity contribution >= 4 is 49.8 Å². The zero-order valence-electron chi connectivity index (χ0n) is 16.2. The number of azo groups is 1. The molecule has 8 nitrogen and oxygen atoms in total. The molecular weight excluding hydrogens is 454 g/mol. The predicted octanol–water partition coefficient (Wildman–Crippen LogP) is -2.10. The van der Waals surface area contributed by atoms with Crippen LogP contribution in [0.25, 0.3) is 10.8 Å². The fraction of sp³-hybridized carbons (Fsp3) is 0.0556. The third kappa shape index (κ3) is 5.61. The molecule has 0 bridgehead atoms. The van der Waals surface area contributed by atoms with Crippen molar-refractivity contribution in [3.8, 4) is 5.75 Å². The molecule has 0 aliphatic carbocycles. The molecule has 1 N–H and O–H groups in total. The Morgan fingerprint density at radius 3 is 2.33 bits per heavy atom. The molecule has 0 amide bonds. The Morgan fingerprint density at radius 1 is 1.10 bits per heavy atom. The van der Waals surface area contributed by atoms with E-state index in [0.29, 0.717) is 16.3 Å². The van der Waals surface area contributed by atoms with Gasteiger partial charge in [-0.15, -0.1) is 5.11 Å². The van der Waals surface area contributed by atoms with Crippen molar-refractivity contribution < 1.29 is 87.1 Å². The second-order valence-corrected chi connectivity index (χ2v) is 7.61. The molecule has 0 saturated carbocycles. The standard InChI is InChI=1S/C18H13ClN2O6S.2Na/c1-9-6-15(28(25,26)27)14(8-13(9)19)20-21-16-11-5-3-2-4-10(11)7-12(17(16)22)18(23)24;;/h2-8,22H,1H3,(H,23,24)(H,25,26,27);;/q;2*+1/p-2/b21-20+;;. The molecule has 3 rings (SSSR count). The summed E-state index contributed by atoms with van der Waals surface area (Å²) in [6.07, 6.45) is 0. The fourth-order valence-electron chi connectivity index (χ4n) is 2.59. The molecule has 0 saturated heterocycles. The van der Waals surface area contributed by atoms with Gasteiger partial charge >= 0.3 is 65.1 Å². The molecule has 0 fully saturated rings. The number of carbonyl (C=O) groups is 1. The number of benzene rings is 3. The van der Waals surface area contributed by atoms with E-state index in [-0.39, 0.29) is 75.5 Å². The molecule has 0 aliphatic rings. The number of rotatable bonds is 4. The molecule has 0 heterocycles. The zero-order chi connectivity index (χ0) is 20.6. The molecular formula is C18H11ClN2Na2O6S. The Hall–Kier alpha value is -1.01. The van der Waals surface area contributed by atoms with Crippen LogP contribution in [0, 0.1) is 6.92 Å². The number of aromatic carboxylic acids is 1. The van der Waals surface area contributed by atoms with E-state index in [0.717, 1.165) is 12.1 Å². The largest absolute Gasteiger partial charge is 1.00 e. The summed E-state index contributed by atoms with van der Waals surface area (Å²) in [5, 5.41) is 30.2. The fourth-order valence-corrected chi connectivity index (χ4v) is 3.43. The number of aryl methyl sites for hydroxylation is 1. The topological polar surface area (TPSA) is 142 Å². The van der Waals surface area contributed by atoms with E-state index in [1.807, 2.05) is 0 Å². The number of hydrogen-bond donors (Lipinski definition) is 1. The molecule has 30 heavy (non-hydrogen) atoms. The van der Waals surface area contributed by atoms with Crippen molar-refractivity contribution in [2.75, 3.05) is 0 Å².